The lowest BCUT2D eigenvalue weighted by Gasteiger charge is -2.15. The highest BCUT2D eigenvalue weighted by atomic mass is 79.9. The number of aryl methyl sites for hydroxylation is 1. The van der Waals surface area contributed by atoms with Gasteiger partial charge in [-0.05, 0) is 51.0 Å². The van der Waals surface area contributed by atoms with Crippen LogP contribution in [0.4, 0.5) is 0 Å². The van der Waals surface area contributed by atoms with Gasteiger partial charge in [-0.3, -0.25) is 4.79 Å². The number of aliphatic hydroxyl groups is 1. The van der Waals surface area contributed by atoms with E-state index >= 15 is 0 Å². The second-order valence-electron chi connectivity index (χ2n) is 4.75. The minimum absolute atomic E-state index is 0.000434. The maximum atomic E-state index is 11.8. The second kappa shape index (κ2) is 7.92. The number of aliphatic hydroxyl groups excluding tert-OH is 1. The van der Waals surface area contributed by atoms with Gasteiger partial charge in [0.15, 0.2) is 0 Å². The van der Waals surface area contributed by atoms with Crippen LogP contribution in [0, 0.1) is 6.92 Å². The lowest BCUT2D eigenvalue weighted by molar-refractivity contribution is -0.119. The van der Waals surface area contributed by atoms with E-state index in [9.17, 15) is 9.90 Å². The van der Waals surface area contributed by atoms with E-state index in [0.29, 0.717) is 12.2 Å². The monoisotopic (exact) mass is 345 g/mol. The molecule has 1 amide bonds. The lowest BCUT2D eigenvalue weighted by Crippen LogP contribution is -2.35. The van der Waals surface area contributed by atoms with Gasteiger partial charge in [0.05, 0.1) is 11.9 Å². The molecule has 2 unspecified atom stereocenters. The summed E-state index contributed by atoms with van der Waals surface area (Å²) in [6.45, 7) is 5.66. The zero-order valence-corrected chi connectivity index (χ0v) is 13.8. The van der Waals surface area contributed by atoms with E-state index in [4.69, 9.17) is 0 Å². The molecule has 0 heterocycles. The van der Waals surface area contributed by atoms with Crippen molar-refractivity contribution in [2.45, 2.75) is 44.2 Å². The number of benzene rings is 1. The summed E-state index contributed by atoms with van der Waals surface area (Å²) in [6.07, 6.45) is 0.185. The van der Waals surface area contributed by atoms with Crippen molar-refractivity contribution in [1.82, 2.24) is 5.32 Å². The minimum atomic E-state index is -0.392. The first-order chi connectivity index (χ1) is 8.88. The van der Waals surface area contributed by atoms with Gasteiger partial charge in [-0.2, -0.15) is 0 Å². The molecule has 1 rings (SSSR count). The van der Waals surface area contributed by atoms with Gasteiger partial charge in [0.2, 0.25) is 5.91 Å². The van der Waals surface area contributed by atoms with Gasteiger partial charge in [-0.25, -0.2) is 0 Å². The summed E-state index contributed by atoms with van der Waals surface area (Å²) in [5.41, 5.74) is 1.16. The van der Waals surface area contributed by atoms with Gasteiger partial charge in [0, 0.05) is 15.4 Å². The van der Waals surface area contributed by atoms with Crippen LogP contribution in [0.3, 0.4) is 0 Å². The molecule has 0 spiro atoms. The number of carbonyl (C=O) groups excluding carboxylic acids is 1. The molecule has 0 bridgehead atoms. The predicted molar refractivity (Wildman–Crippen MR) is 83.5 cm³/mol. The molecule has 0 saturated carbocycles. The molecule has 0 radical (unpaired) electrons. The topological polar surface area (TPSA) is 49.3 Å². The van der Waals surface area contributed by atoms with Gasteiger partial charge in [0.25, 0.3) is 0 Å². The molecule has 1 aromatic carbocycles. The van der Waals surface area contributed by atoms with Crippen molar-refractivity contribution >= 4 is 33.6 Å². The number of thioether (sulfide) groups is 1. The fourth-order valence-corrected chi connectivity index (χ4v) is 3.10. The molecule has 2 atom stereocenters. The van der Waals surface area contributed by atoms with E-state index in [-0.39, 0.29) is 11.9 Å². The van der Waals surface area contributed by atoms with Crippen molar-refractivity contribution in [1.29, 1.82) is 0 Å². The summed E-state index contributed by atoms with van der Waals surface area (Å²) in [5, 5.41) is 12.1. The molecule has 19 heavy (non-hydrogen) atoms. The highest BCUT2D eigenvalue weighted by Gasteiger charge is 2.10. The predicted octanol–water partition coefficient (Wildman–Crippen LogP) is 3.13. The molecule has 0 aliphatic rings. The normalized spacial score (nSPS) is 13.9. The Morgan fingerprint density at radius 1 is 1.47 bits per heavy atom. The van der Waals surface area contributed by atoms with Crippen LogP contribution in [0.5, 0.6) is 0 Å². The zero-order valence-electron chi connectivity index (χ0n) is 11.4. The molecule has 0 fully saturated rings. The number of nitrogens with one attached hydrogen (secondary N) is 1. The number of hydrogen-bond acceptors (Lipinski definition) is 3. The molecule has 3 nitrogen and oxygen atoms in total. The molecule has 1 aromatic rings. The van der Waals surface area contributed by atoms with Gasteiger partial charge in [-0.15, -0.1) is 11.8 Å². The number of carbonyl (C=O) groups is 1. The van der Waals surface area contributed by atoms with E-state index in [0.717, 1.165) is 14.9 Å². The summed E-state index contributed by atoms with van der Waals surface area (Å²) in [6, 6.07) is 6.02. The summed E-state index contributed by atoms with van der Waals surface area (Å²) < 4.78 is 1.05. The van der Waals surface area contributed by atoms with Crippen LogP contribution in [0.25, 0.3) is 0 Å². The van der Waals surface area contributed by atoms with Crippen molar-refractivity contribution in [3.05, 3.63) is 28.2 Å². The third-order valence-electron chi connectivity index (χ3n) is 2.60. The summed E-state index contributed by atoms with van der Waals surface area (Å²) in [4.78, 5) is 12.9. The minimum Gasteiger partial charge on any atom is -0.393 e. The summed E-state index contributed by atoms with van der Waals surface area (Å²) in [7, 11) is 0. The van der Waals surface area contributed by atoms with E-state index in [1.807, 2.05) is 32.0 Å². The smallest absolute Gasteiger partial charge is 0.230 e. The maximum absolute atomic E-state index is 11.8. The summed E-state index contributed by atoms with van der Waals surface area (Å²) in [5.74, 6) is 0.396. The average Bonchev–Trinajstić information content (AvgIpc) is 2.26. The Balaban J connectivity index is 2.41. The van der Waals surface area contributed by atoms with Crippen molar-refractivity contribution in [3.8, 4) is 0 Å². The van der Waals surface area contributed by atoms with Crippen LogP contribution in [0.15, 0.2) is 27.6 Å². The van der Waals surface area contributed by atoms with Crippen LogP contribution in [0.1, 0.15) is 25.8 Å². The van der Waals surface area contributed by atoms with Crippen LogP contribution in [0.2, 0.25) is 0 Å². The Morgan fingerprint density at radius 2 is 2.16 bits per heavy atom. The van der Waals surface area contributed by atoms with Crippen LogP contribution in [-0.2, 0) is 4.79 Å². The van der Waals surface area contributed by atoms with Gasteiger partial charge < -0.3 is 10.4 Å². The SMILES string of the molecule is Cc1cc(Br)ccc1SCC(=O)NC(C)CC(C)O. The number of rotatable bonds is 6. The molecule has 5 heteroatoms. The van der Waals surface area contributed by atoms with E-state index < -0.39 is 6.10 Å². The number of halogens is 1. The highest BCUT2D eigenvalue weighted by molar-refractivity contribution is 9.10. The first-order valence-electron chi connectivity index (χ1n) is 6.25. The molecular weight excluding hydrogens is 326 g/mol. The Kier molecular flexibility index (Phi) is 6.89. The third-order valence-corrected chi connectivity index (χ3v) is 4.27. The molecule has 0 aliphatic carbocycles. The van der Waals surface area contributed by atoms with Gasteiger partial charge in [0.1, 0.15) is 0 Å². The Morgan fingerprint density at radius 3 is 2.74 bits per heavy atom. The molecule has 106 valence electrons. The molecule has 0 aromatic heterocycles. The van der Waals surface area contributed by atoms with Crippen LogP contribution in [-0.4, -0.2) is 28.9 Å². The van der Waals surface area contributed by atoms with Crippen molar-refractivity contribution in [2.24, 2.45) is 0 Å². The molecule has 2 N–H and O–H groups in total. The van der Waals surface area contributed by atoms with Gasteiger partial charge >= 0.3 is 0 Å². The fourth-order valence-electron chi connectivity index (χ4n) is 1.81. The average molecular weight is 346 g/mol. The van der Waals surface area contributed by atoms with Crippen molar-refractivity contribution in [2.75, 3.05) is 5.75 Å². The van der Waals surface area contributed by atoms with E-state index in [1.165, 1.54) is 11.8 Å². The van der Waals surface area contributed by atoms with Crippen molar-refractivity contribution in [3.63, 3.8) is 0 Å². The summed E-state index contributed by atoms with van der Waals surface area (Å²) >= 11 is 4.95. The molecule has 0 aliphatic heterocycles. The quantitative estimate of drug-likeness (QED) is 0.778. The molecule has 0 saturated heterocycles. The lowest BCUT2D eigenvalue weighted by atomic mass is 10.1. The second-order valence-corrected chi connectivity index (χ2v) is 6.68. The Bertz CT molecular complexity index is 437. The maximum Gasteiger partial charge on any atom is 0.230 e. The Labute approximate surface area is 127 Å². The highest BCUT2D eigenvalue weighted by Crippen LogP contribution is 2.25. The van der Waals surface area contributed by atoms with E-state index in [2.05, 4.69) is 21.2 Å². The van der Waals surface area contributed by atoms with E-state index in [1.54, 1.807) is 6.92 Å². The first-order valence-corrected chi connectivity index (χ1v) is 8.02. The first kappa shape index (κ1) is 16.5. The standard InChI is InChI=1S/C14H20BrNO2S/c1-9-6-12(15)4-5-13(9)19-8-14(18)16-10(2)7-11(3)17/h4-6,10-11,17H,7-8H2,1-3H3,(H,16,18). The number of amides is 1. The Hall–Kier alpha value is -0.520. The fraction of sp³-hybridized carbons (Fsp3) is 0.500. The van der Waals surface area contributed by atoms with Crippen molar-refractivity contribution < 1.29 is 9.90 Å². The zero-order chi connectivity index (χ0) is 14.4. The van der Waals surface area contributed by atoms with Crippen LogP contribution >= 0.6 is 27.7 Å². The van der Waals surface area contributed by atoms with Gasteiger partial charge in [-0.1, -0.05) is 15.9 Å². The largest absolute Gasteiger partial charge is 0.393 e. The number of hydrogen-bond donors (Lipinski definition) is 2. The van der Waals surface area contributed by atoms with Crippen LogP contribution < -0.4 is 5.32 Å². The third kappa shape index (κ3) is 6.45. The molecular formula is C14H20BrNO2S.